The van der Waals surface area contributed by atoms with Crippen LogP contribution in [-0.4, -0.2) is 45.9 Å². The molecule has 168 valence electrons. The van der Waals surface area contributed by atoms with Gasteiger partial charge in [0.1, 0.15) is 0 Å². The highest BCUT2D eigenvalue weighted by atomic mass is 16.5. The van der Waals surface area contributed by atoms with Gasteiger partial charge in [-0.3, -0.25) is 14.3 Å². The number of methoxy groups -OCH3 is 1. The normalized spacial score (nSPS) is 14.9. The van der Waals surface area contributed by atoms with Crippen molar-refractivity contribution in [1.82, 2.24) is 25.0 Å². The number of aromatic nitrogens is 3. The van der Waals surface area contributed by atoms with Gasteiger partial charge < -0.3 is 19.9 Å². The first-order chi connectivity index (χ1) is 15.5. The van der Waals surface area contributed by atoms with Gasteiger partial charge in [0.15, 0.2) is 0 Å². The third kappa shape index (κ3) is 4.45. The third-order valence-corrected chi connectivity index (χ3v) is 5.99. The number of amides is 2. The Balaban J connectivity index is 1.38. The SMILES string of the molecule is COCCn1c(C)cc(C(=O)NC2Cc3c(C(=O)NCc4ccccc4)cnn3C2)c1C. The number of hydrogen-bond acceptors (Lipinski definition) is 4. The zero-order chi connectivity index (χ0) is 22.7. The first kappa shape index (κ1) is 21.8. The Morgan fingerprint density at radius 2 is 1.94 bits per heavy atom. The number of aryl methyl sites for hydroxylation is 1. The van der Waals surface area contributed by atoms with Gasteiger partial charge in [0.05, 0.1) is 42.2 Å². The molecule has 0 spiro atoms. The second-order valence-electron chi connectivity index (χ2n) is 8.16. The summed E-state index contributed by atoms with van der Waals surface area (Å²) in [7, 11) is 1.67. The fourth-order valence-corrected chi connectivity index (χ4v) is 4.27. The minimum atomic E-state index is -0.149. The lowest BCUT2D eigenvalue weighted by atomic mass is 10.1. The largest absolute Gasteiger partial charge is 0.383 e. The average molecular weight is 436 g/mol. The highest BCUT2D eigenvalue weighted by Gasteiger charge is 2.29. The fraction of sp³-hybridized carbons (Fsp3) is 0.375. The molecule has 1 aliphatic heterocycles. The quantitative estimate of drug-likeness (QED) is 0.568. The molecule has 8 nitrogen and oxygen atoms in total. The van der Waals surface area contributed by atoms with Crippen LogP contribution in [0.25, 0.3) is 0 Å². The number of nitrogens with one attached hydrogen (secondary N) is 2. The summed E-state index contributed by atoms with van der Waals surface area (Å²) in [6, 6.07) is 11.6. The van der Waals surface area contributed by atoms with Gasteiger partial charge in [-0.25, -0.2) is 0 Å². The highest BCUT2D eigenvalue weighted by Crippen LogP contribution is 2.21. The maximum atomic E-state index is 12.9. The summed E-state index contributed by atoms with van der Waals surface area (Å²) in [6.07, 6.45) is 2.18. The molecule has 2 amide bonds. The number of nitrogens with zero attached hydrogens (tertiary/aromatic N) is 3. The Morgan fingerprint density at radius 3 is 2.69 bits per heavy atom. The second kappa shape index (κ2) is 9.40. The Bertz CT molecular complexity index is 1120. The molecule has 3 heterocycles. The summed E-state index contributed by atoms with van der Waals surface area (Å²) >= 11 is 0. The lowest BCUT2D eigenvalue weighted by Crippen LogP contribution is -2.36. The topological polar surface area (TPSA) is 90.2 Å². The van der Waals surface area contributed by atoms with Crippen LogP contribution in [0.1, 0.15) is 43.4 Å². The van der Waals surface area contributed by atoms with Crippen LogP contribution in [0.3, 0.4) is 0 Å². The van der Waals surface area contributed by atoms with Crippen molar-refractivity contribution in [3.8, 4) is 0 Å². The van der Waals surface area contributed by atoms with Crippen LogP contribution in [0, 0.1) is 13.8 Å². The molecular weight excluding hydrogens is 406 g/mol. The van der Waals surface area contributed by atoms with Crippen molar-refractivity contribution in [1.29, 1.82) is 0 Å². The van der Waals surface area contributed by atoms with Gasteiger partial charge in [-0.1, -0.05) is 30.3 Å². The van der Waals surface area contributed by atoms with Crippen LogP contribution in [0.5, 0.6) is 0 Å². The van der Waals surface area contributed by atoms with E-state index in [-0.39, 0.29) is 17.9 Å². The van der Waals surface area contributed by atoms with E-state index < -0.39 is 0 Å². The summed E-state index contributed by atoms with van der Waals surface area (Å²) in [5.74, 6) is -0.253. The monoisotopic (exact) mass is 435 g/mol. The van der Waals surface area contributed by atoms with Crippen molar-refractivity contribution < 1.29 is 14.3 Å². The van der Waals surface area contributed by atoms with Gasteiger partial charge in [-0.05, 0) is 25.5 Å². The van der Waals surface area contributed by atoms with E-state index in [4.69, 9.17) is 4.74 Å². The number of benzene rings is 1. The maximum Gasteiger partial charge on any atom is 0.255 e. The van der Waals surface area contributed by atoms with E-state index in [1.807, 2.05) is 54.9 Å². The van der Waals surface area contributed by atoms with Gasteiger partial charge in [-0.2, -0.15) is 5.10 Å². The molecule has 1 aliphatic rings. The molecule has 0 saturated carbocycles. The molecule has 1 aromatic carbocycles. The van der Waals surface area contributed by atoms with Crippen LogP contribution in [-0.2, 0) is 30.8 Å². The van der Waals surface area contributed by atoms with E-state index in [0.717, 1.165) is 22.6 Å². The van der Waals surface area contributed by atoms with E-state index in [9.17, 15) is 9.59 Å². The highest BCUT2D eigenvalue weighted by molar-refractivity contribution is 5.96. The van der Waals surface area contributed by atoms with Gasteiger partial charge in [0.2, 0.25) is 0 Å². The summed E-state index contributed by atoms with van der Waals surface area (Å²) in [5, 5.41) is 10.4. The molecule has 0 saturated heterocycles. The van der Waals surface area contributed by atoms with Crippen molar-refractivity contribution in [2.45, 2.75) is 45.9 Å². The molecule has 4 rings (SSSR count). The molecule has 2 aromatic heterocycles. The molecule has 2 N–H and O–H groups in total. The maximum absolute atomic E-state index is 12.9. The molecule has 0 fully saturated rings. The van der Waals surface area contributed by atoms with Gasteiger partial charge in [-0.15, -0.1) is 0 Å². The Morgan fingerprint density at radius 1 is 1.16 bits per heavy atom. The molecule has 32 heavy (non-hydrogen) atoms. The number of carbonyl (C=O) groups is 2. The Hall–Kier alpha value is -3.39. The average Bonchev–Trinajstić information content (AvgIpc) is 3.44. The smallest absolute Gasteiger partial charge is 0.255 e. The van der Waals surface area contributed by atoms with E-state index in [0.29, 0.717) is 43.8 Å². The summed E-state index contributed by atoms with van der Waals surface area (Å²) in [6.45, 7) is 6.26. The number of hydrogen-bond donors (Lipinski definition) is 2. The van der Waals surface area contributed by atoms with Crippen LogP contribution in [0.4, 0.5) is 0 Å². The number of ether oxygens (including phenoxy) is 1. The first-order valence-electron chi connectivity index (χ1n) is 10.8. The molecule has 0 aliphatic carbocycles. The van der Waals surface area contributed by atoms with Crippen molar-refractivity contribution in [2.24, 2.45) is 0 Å². The standard InChI is InChI=1S/C24H29N5O3/c1-16-11-20(17(2)28(16)9-10-32-3)24(31)27-19-12-22-21(14-26-29(22)15-19)23(30)25-13-18-7-5-4-6-8-18/h4-8,11,14,19H,9-10,12-13,15H2,1-3H3,(H,25,30)(H,27,31). The third-order valence-electron chi connectivity index (χ3n) is 5.99. The summed E-state index contributed by atoms with van der Waals surface area (Å²) in [5.41, 5.74) is 5.08. The predicted molar refractivity (Wildman–Crippen MR) is 121 cm³/mol. The first-order valence-corrected chi connectivity index (χ1v) is 10.8. The van der Waals surface area contributed by atoms with E-state index in [2.05, 4.69) is 20.3 Å². The Kier molecular flexibility index (Phi) is 6.41. The lowest BCUT2D eigenvalue weighted by Gasteiger charge is -2.13. The zero-order valence-corrected chi connectivity index (χ0v) is 18.7. The molecule has 1 atom stereocenters. The molecule has 1 unspecified atom stereocenters. The zero-order valence-electron chi connectivity index (χ0n) is 18.7. The summed E-state index contributed by atoms with van der Waals surface area (Å²) in [4.78, 5) is 25.6. The Labute approximate surface area is 187 Å². The van der Waals surface area contributed by atoms with Crippen molar-refractivity contribution in [2.75, 3.05) is 13.7 Å². The fourth-order valence-electron chi connectivity index (χ4n) is 4.27. The lowest BCUT2D eigenvalue weighted by molar-refractivity contribution is 0.0933. The number of fused-ring (bicyclic) bond motifs is 1. The van der Waals surface area contributed by atoms with Crippen molar-refractivity contribution >= 4 is 11.8 Å². The van der Waals surface area contributed by atoms with Crippen LogP contribution in [0.2, 0.25) is 0 Å². The molecular formula is C24H29N5O3. The summed E-state index contributed by atoms with van der Waals surface area (Å²) < 4.78 is 9.07. The van der Waals surface area contributed by atoms with Crippen molar-refractivity contribution in [3.63, 3.8) is 0 Å². The minimum absolute atomic E-state index is 0.103. The molecule has 0 radical (unpaired) electrons. The van der Waals surface area contributed by atoms with Crippen LogP contribution < -0.4 is 10.6 Å². The van der Waals surface area contributed by atoms with Crippen LogP contribution >= 0.6 is 0 Å². The molecule has 3 aromatic rings. The van der Waals surface area contributed by atoms with Gasteiger partial charge in [0.25, 0.3) is 11.8 Å². The minimum Gasteiger partial charge on any atom is -0.383 e. The molecule has 0 bridgehead atoms. The van der Waals surface area contributed by atoms with Gasteiger partial charge >= 0.3 is 0 Å². The van der Waals surface area contributed by atoms with E-state index in [1.54, 1.807) is 13.3 Å². The van der Waals surface area contributed by atoms with Gasteiger partial charge in [0, 0.05) is 38.0 Å². The molecule has 8 heteroatoms. The number of carbonyl (C=O) groups excluding carboxylic acids is 2. The van der Waals surface area contributed by atoms with E-state index >= 15 is 0 Å². The van der Waals surface area contributed by atoms with E-state index in [1.165, 1.54) is 0 Å². The second-order valence-corrected chi connectivity index (χ2v) is 8.16. The number of rotatable bonds is 8. The van der Waals surface area contributed by atoms with Crippen LogP contribution in [0.15, 0.2) is 42.6 Å². The predicted octanol–water partition coefficient (Wildman–Crippen LogP) is 2.23. The van der Waals surface area contributed by atoms with Crippen molar-refractivity contribution in [3.05, 3.63) is 76.4 Å².